The molecule has 0 saturated heterocycles. The minimum absolute atomic E-state index is 0.0133. The molecule has 0 spiro atoms. The van der Waals surface area contributed by atoms with Crippen LogP contribution < -0.4 is 10.6 Å². The van der Waals surface area contributed by atoms with Crippen LogP contribution in [-0.4, -0.2) is 41.8 Å². The second-order valence-electron chi connectivity index (χ2n) is 9.59. The molecule has 4 rings (SSSR count). The quantitative estimate of drug-likeness (QED) is 0.429. The minimum Gasteiger partial charge on any atom is -0.480 e. The monoisotopic (exact) mass is 478 g/mol. The fourth-order valence-corrected chi connectivity index (χ4v) is 5.09. The summed E-state index contributed by atoms with van der Waals surface area (Å²) in [5, 5.41) is 15.0. The summed E-state index contributed by atoms with van der Waals surface area (Å²) in [4.78, 5) is 36.9. The van der Waals surface area contributed by atoms with Crippen LogP contribution in [0, 0.1) is 5.92 Å². The summed E-state index contributed by atoms with van der Waals surface area (Å²) in [6.45, 7) is 2.25. The van der Waals surface area contributed by atoms with E-state index in [0.717, 1.165) is 54.4 Å². The number of hydrogen-bond donors (Lipinski definition) is 3. The molecule has 2 aliphatic carbocycles. The maximum Gasteiger partial charge on any atom is 0.407 e. The van der Waals surface area contributed by atoms with Gasteiger partial charge in [0.25, 0.3) is 0 Å². The van der Waals surface area contributed by atoms with Crippen molar-refractivity contribution in [2.45, 2.75) is 69.9 Å². The summed E-state index contributed by atoms with van der Waals surface area (Å²) < 4.78 is 5.64. The highest BCUT2D eigenvalue weighted by Crippen LogP contribution is 2.44. The van der Waals surface area contributed by atoms with Crippen LogP contribution in [-0.2, 0) is 14.3 Å². The second kappa shape index (κ2) is 11.4. The molecule has 2 atom stereocenters. The van der Waals surface area contributed by atoms with Gasteiger partial charge < -0.3 is 20.5 Å². The van der Waals surface area contributed by atoms with E-state index < -0.39 is 24.1 Å². The Morgan fingerprint density at radius 3 is 2.17 bits per heavy atom. The molecule has 2 amide bonds. The van der Waals surface area contributed by atoms with Gasteiger partial charge in [-0.05, 0) is 47.4 Å². The third kappa shape index (κ3) is 5.84. The van der Waals surface area contributed by atoms with Gasteiger partial charge in [0.15, 0.2) is 0 Å². The van der Waals surface area contributed by atoms with Gasteiger partial charge in [0, 0.05) is 18.4 Å². The van der Waals surface area contributed by atoms with E-state index in [-0.39, 0.29) is 30.8 Å². The lowest BCUT2D eigenvalue weighted by Crippen LogP contribution is -2.49. The van der Waals surface area contributed by atoms with Gasteiger partial charge in [0.1, 0.15) is 12.6 Å². The lowest BCUT2D eigenvalue weighted by molar-refractivity contribution is -0.144. The molecule has 2 aromatic rings. The van der Waals surface area contributed by atoms with E-state index in [1.54, 1.807) is 0 Å². The first-order chi connectivity index (χ1) is 17.0. The summed E-state index contributed by atoms with van der Waals surface area (Å²) in [5.74, 6) is -1.41. The Labute approximate surface area is 206 Å². The summed E-state index contributed by atoms with van der Waals surface area (Å²) in [6, 6.07) is 15.0. The van der Waals surface area contributed by atoms with Gasteiger partial charge in [0.2, 0.25) is 5.91 Å². The number of carboxylic acid groups (broad SMARTS) is 1. The topological polar surface area (TPSA) is 105 Å². The number of carbonyl (C=O) groups is 3. The zero-order chi connectivity index (χ0) is 24.8. The molecule has 3 N–H and O–H groups in total. The Hall–Kier alpha value is -3.35. The molecule has 0 aromatic heterocycles. The van der Waals surface area contributed by atoms with Crippen LogP contribution in [0.15, 0.2) is 48.5 Å². The average Bonchev–Trinajstić information content (AvgIpc) is 3.13. The third-order valence-corrected chi connectivity index (χ3v) is 7.21. The van der Waals surface area contributed by atoms with E-state index in [1.807, 2.05) is 31.2 Å². The number of amides is 2. The van der Waals surface area contributed by atoms with Crippen LogP contribution in [0.25, 0.3) is 11.1 Å². The van der Waals surface area contributed by atoms with E-state index in [0.29, 0.717) is 6.42 Å². The van der Waals surface area contributed by atoms with Crippen molar-refractivity contribution in [2.75, 3.05) is 6.61 Å². The molecular formula is C28H34N2O5. The van der Waals surface area contributed by atoms with E-state index in [2.05, 4.69) is 34.9 Å². The normalized spacial score (nSPS) is 16.4. The number of nitrogens with one attached hydrogen (secondary N) is 2. The smallest absolute Gasteiger partial charge is 0.407 e. The number of fused-ring (bicyclic) bond motifs is 3. The van der Waals surface area contributed by atoms with Gasteiger partial charge in [0.05, 0.1) is 0 Å². The van der Waals surface area contributed by atoms with Gasteiger partial charge in [-0.15, -0.1) is 0 Å². The van der Waals surface area contributed by atoms with Crippen molar-refractivity contribution < 1.29 is 24.2 Å². The number of ether oxygens (including phenoxy) is 1. The Balaban J connectivity index is 1.35. The Morgan fingerprint density at radius 2 is 1.63 bits per heavy atom. The summed E-state index contributed by atoms with van der Waals surface area (Å²) in [7, 11) is 0. The molecule has 186 valence electrons. The number of benzene rings is 2. The zero-order valence-electron chi connectivity index (χ0n) is 20.2. The molecule has 1 fully saturated rings. The number of carbonyl (C=O) groups excluding carboxylic acids is 2. The van der Waals surface area contributed by atoms with Gasteiger partial charge >= 0.3 is 12.1 Å². The van der Waals surface area contributed by atoms with Crippen LogP contribution >= 0.6 is 0 Å². The van der Waals surface area contributed by atoms with Crippen molar-refractivity contribution in [3.8, 4) is 11.1 Å². The number of hydrogen-bond acceptors (Lipinski definition) is 4. The van der Waals surface area contributed by atoms with Crippen molar-refractivity contribution in [1.29, 1.82) is 0 Å². The maximum atomic E-state index is 12.7. The number of unbranched alkanes of at least 4 members (excludes halogenated alkanes) is 1. The highest BCUT2D eigenvalue weighted by Gasteiger charge is 2.34. The molecule has 0 bridgehead atoms. The first-order valence-electron chi connectivity index (χ1n) is 12.6. The molecular weight excluding hydrogens is 444 g/mol. The van der Waals surface area contributed by atoms with Gasteiger partial charge in [-0.2, -0.15) is 0 Å². The van der Waals surface area contributed by atoms with Crippen molar-refractivity contribution in [2.24, 2.45) is 5.92 Å². The molecule has 0 radical (unpaired) electrons. The molecule has 2 aliphatic rings. The van der Waals surface area contributed by atoms with Gasteiger partial charge in [-0.1, -0.05) is 74.7 Å². The molecule has 2 aromatic carbocycles. The fourth-order valence-electron chi connectivity index (χ4n) is 5.09. The molecule has 1 saturated carbocycles. The van der Waals surface area contributed by atoms with E-state index in [9.17, 15) is 19.5 Å². The number of aliphatic carboxylic acids is 1. The van der Waals surface area contributed by atoms with Crippen molar-refractivity contribution in [1.82, 2.24) is 10.6 Å². The largest absolute Gasteiger partial charge is 0.480 e. The summed E-state index contributed by atoms with van der Waals surface area (Å²) in [6.07, 6.45) is 4.47. The van der Waals surface area contributed by atoms with E-state index in [4.69, 9.17) is 4.74 Å². The maximum absolute atomic E-state index is 12.7. The molecule has 0 aliphatic heterocycles. The number of rotatable bonds is 11. The molecule has 35 heavy (non-hydrogen) atoms. The van der Waals surface area contributed by atoms with Crippen LogP contribution in [0.3, 0.4) is 0 Å². The first-order valence-corrected chi connectivity index (χ1v) is 12.6. The zero-order valence-corrected chi connectivity index (χ0v) is 20.2. The summed E-state index contributed by atoms with van der Waals surface area (Å²) >= 11 is 0. The highest BCUT2D eigenvalue weighted by molar-refractivity contribution is 5.84. The van der Waals surface area contributed by atoms with Crippen molar-refractivity contribution in [3.05, 3.63) is 59.7 Å². The molecule has 2 unspecified atom stereocenters. The van der Waals surface area contributed by atoms with E-state index >= 15 is 0 Å². The van der Waals surface area contributed by atoms with Crippen LogP contribution in [0.1, 0.15) is 68.9 Å². The first kappa shape index (κ1) is 24.8. The third-order valence-electron chi connectivity index (χ3n) is 7.21. The van der Waals surface area contributed by atoms with Gasteiger partial charge in [-0.25, -0.2) is 9.59 Å². The fraction of sp³-hybridized carbons (Fsp3) is 0.464. The average molecular weight is 479 g/mol. The van der Waals surface area contributed by atoms with Crippen LogP contribution in [0.2, 0.25) is 0 Å². The predicted octanol–water partition coefficient (Wildman–Crippen LogP) is 4.84. The molecule has 7 nitrogen and oxygen atoms in total. The number of alkyl carbamates (subject to hydrolysis) is 1. The summed E-state index contributed by atoms with van der Waals surface area (Å²) in [5.41, 5.74) is 4.60. The van der Waals surface area contributed by atoms with Crippen LogP contribution in [0.5, 0.6) is 0 Å². The molecule has 0 heterocycles. The lowest BCUT2D eigenvalue weighted by Gasteiger charge is -2.31. The van der Waals surface area contributed by atoms with Crippen molar-refractivity contribution >= 4 is 18.0 Å². The standard InChI is InChI=1S/C28H34N2O5/c1-2-3-11-19(16-25(31)30-26(27(32)33)18-9-8-10-18)29-28(34)35-17-24-22-14-6-4-12-20(22)21-13-5-7-15-23(21)24/h4-7,12-15,18-19,24,26H,2-3,8-11,16-17H2,1H3,(H,29,34)(H,30,31)(H,32,33). The lowest BCUT2D eigenvalue weighted by atomic mass is 9.79. The van der Waals surface area contributed by atoms with Crippen molar-refractivity contribution in [3.63, 3.8) is 0 Å². The Bertz CT molecular complexity index is 1020. The van der Waals surface area contributed by atoms with E-state index in [1.165, 1.54) is 0 Å². The Kier molecular flexibility index (Phi) is 8.06. The molecule has 7 heteroatoms. The highest BCUT2D eigenvalue weighted by atomic mass is 16.5. The van der Waals surface area contributed by atoms with Gasteiger partial charge in [-0.3, -0.25) is 4.79 Å². The Morgan fingerprint density at radius 1 is 1.00 bits per heavy atom. The SMILES string of the molecule is CCCCC(CC(=O)NC(C(=O)O)C1CCC1)NC(=O)OCC1c2ccccc2-c2ccccc21. The number of carboxylic acids is 1. The second-order valence-corrected chi connectivity index (χ2v) is 9.59. The minimum atomic E-state index is -1.00. The van der Waals surface area contributed by atoms with Crippen LogP contribution in [0.4, 0.5) is 4.79 Å². The predicted molar refractivity (Wildman–Crippen MR) is 133 cm³/mol.